The molecule has 2 nitrogen and oxygen atoms in total. The normalized spacial score (nSPS) is 13.1. The van der Waals surface area contributed by atoms with Gasteiger partial charge in [0.2, 0.25) is 0 Å². The molecule has 80 valence electrons. The predicted molar refractivity (Wildman–Crippen MR) is 65.1 cm³/mol. The zero-order valence-electron chi connectivity index (χ0n) is 8.55. The Labute approximate surface area is 97.8 Å². The highest BCUT2D eigenvalue weighted by Crippen LogP contribution is 2.20. The zero-order chi connectivity index (χ0) is 10.4. The summed E-state index contributed by atoms with van der Waals surface area (Å²) < 4.78 is 6.57. The van der Waals surface area contributed by atoms with Crippen molar-refractivity contribution in [1.82, 2.24) is 5.32 Å². The van der Waals surface area contributed by atoms with Crippen LogP contribution in [-0.2, 0) is 11.2 Å². The molecule has 0 spiro atoms. The van der Waals surface area contributed by atoms with Crippen molar-refractivity contribution in [2.75, 3.05) is 20.3 Å². The van der Waals surface area contributed by atoms with E-state index in [1.807, 2.05) is 14.0 Å². The first-order valence-corrected chi connectivity index (χ1v) is 6.41. The third-order valence-corrected chi connectivity index (χ3v) is 3.72. The first kappa shape index (κ1) is 12.2. The van der Waals surface area contributed by atoms with Crippen LogP contribution in [0.5, 0.6) is 0 Å². The lowest BCUT2D eigenvalue weighted by molar-refractivity contribution is 0.125. The summed E-state index contributed by atoms with van der Waals surface area (Å²) in [7, 11) is 1.98. The standard InChI is InChI=1S/C10H16BrNOS/c1-3-13-6-9(12-2)5-10-4-8(11)7-14-10/h4,7,9,12H,3,5-6H2,1-2H3. The molecule has 0 fully saturated rings. The van der Waals surface area contributed by atoms with Gasteiger partial charge in [0.05, 0.1) is 6.61 Å². The Balaban J connectivity index is 2.40. The minimum absolute atomic E-state index is 0.417. The van der Waals surface area contributed by atoms with Gasteiger partial charge in [0.25, 0.3) is 0 Å². The lowest BCUT2D eigenvalue weighted by atomic mass is 10.2. The molecule has 0 radical (unpaired) electrons. The van der Waals surface area contributed by atoms with Gasteiger partial charge >= 0.3 is 0 Å². The van der Waals surface area contributed by atoms with Gasteiger partial charge < -0.3 is 10.1 Å². The summed E-state index contributed by atoms with van der Waals surface area (Å²) in [5.41, 5.74) is 0. The first-order chi connectivity index (χ1) is 6.76. The van der Waals surface area contributed by atoms with E-state index in [9.17, 15) is 0 Å². The van der Waals surface area contributed by atoms with Crippen molar-refractivity contribution in [3.05, 3.63) is 20.8 Å². The number of thiophene rings is 1. The van der Waals surface area contributed by atoms with Crippen LogP contribution >= 0.6 is 27.3 Å². The highest BCUT2D eigenvalue weighted by molar-refractivity contribution is 9.10. The molecule has 0 aliphatic rings. The van der Waals surface area contributed by atoms with E-state index in [1.54, 1.807) is 11.3 Å². The second kappa shape index (κ2) is 6.56. The molecular weight excluding hydrogens is 262 g/mol. The molecule has 0 aliphatic heterocycles. The minimum Gasteiger partial charge on any atom is -0.380 e. The third-order valence-electron chi connectivity index (χ3n) is 2.00. The summed E-state index contributed by atoms with van der Waals surface area (Å²) in [4.78, 5) is 1.39. The van der Waals surface area contributed by atoms with Gasteiger partial charge in [-0.2, -0.15) is 0 Å². The molecule has 14 heavy (non-hydrogen) atoms. The molecule has 0 bridgehead atoms. The summed E-state index contributed by atoms with van der Waals surface area (Å²) in [5, 5.41) is 5.37. The van der Waals surface area contributed by atoms with Crippen molar-refractivity contribution in [2.45, 2.75) is 19.4 Å². The molecule has 1 atom stereocenters. The number of halogens is 1. The van der Waals surface area contributed by atoms with Gasteiger partial charge in [0, 0.05) is 27.4 Å². The van der Waals surface area contributed by atoms with Gasteiger partial charge in [-0.1, -0.05) is 0 Å². The summed E-state index contributed by atoms with van der Waals surface area (Å²) in [5.74, 6) is 0. The molecule has 1 aromatic heterocycles. The van der Waals surface area contributed by atoms with Crippen LogP contribution in [0.25, 0.3) is 0 Å². The van der Waals surface area contributed by atoms with Crippen LogP contribution in [0.2, 0.25) is 0 Å². The first-order valence-electron chi connectivity index (χ1n) is 4.74. The van der Waals surface area contributed by atoms with E-state index in [1.165, 1.54) is 9.35 Å². The fourth-order valence-corrected chi connectivity index (χ4v) is 2.74. The molecule has 1 unspecified atom stereocenters. The third kappa shape index (κ3) is 4.09. The number of hydrogen-bond donors (Lipinski definition) is 1. The van der Waals surface area contributed by atoms with Crippen molar-refractivity contribution in [3.8, 4) is 0 Å². The molecule has 0 saturated carbocycles. The highest BCUT2D eigenvalue weighted by Gasteiger charge is 2.08. The fraction of sp³-hybridized carbons (Fsp3) is 0.600. The Kier molecular flexibility index (Phi) is 5.70. The molecule has 0 aromatic carbocycles. The molecule has 1 heterocycles. The Morgan fingerprint density at radius 2 is 2.43 bits per heavy atom. The summed E-state index contributed by atoms with van der Waals surface area (Å²) in [6, 6.07) is 2.58. The summed E-state index contributed by atoms with van der Waals surface area (Å²) >= 11 is 5.24. The van der Waals surface area contributed by atoms with E-state index in [-0.39, 0.29) is 0 Å². The van der Waals surface area contributed by atoms with Crippen LogP contribution in [0.4, 0.5) is 0 Å². The number of rotatable bonds is 6. The molecule has 0 saturated heterocycles. The van der Waals surface area contributed by atoms with Crippen molar-refractivity contribution in [1.29, 1.82) is 0 Å². The predicted octanol–water partition coefficient (Wildman–Crippen LogP) is 2.68. The maximum Gasteiger partial charge on any atom is 0.0622 e. The number of ether oxygens (including phenoxy) is 1. The monoisotopic (exact) mass is 277 g/mol. The lowest BCUT2D eigenvalue weighted by Gasteiger charge is -2.14. The molecular formula is C10H16BrNOS. The van der Waals surface area contributed by atoms with E-state index in [4.69, 9.17) is 4.74 Å². The van der Waals surface area contributed by atoms with Gasteiger partial charge in [0.15, 0.2) is 0 Å². The highest BCUT2D eigenvalue weighted by atomic mass is 79.9. The maximum absolute atomic E-state index is 5.40. The average molecular weight is 278 g/mol. The van der Waals surface area contributed by atoms with Crippen molar-refractivity contribution in [2.24, 2.45) is 0 Å². The van der Waals surface area contributed by atoms with Gasteiger partial charge in [-0.25, -0.2) is 0 Å². The molecule has 1 aromatic rings. The molecule has 4 heteroatoms. The van der Waals surface area contributed by atoms with E-state index in [0.717, 1.165) is 19.6 Å². The van der Waals surface area contributed by atoms with Crippen LogP contribution in [0.15, 0.2) is 15.9 Å². The van der Waals surface area contributed by atoms with Gasteiger partial charge in [-0.3, -0.25) is 0 Å². The summed E-state index contributed by atoms with van der Waals surface area (Å²) in [6.07, 6.45) is 1.03. The Morgan fingerprint density at radius 3 is 2.93 bits per heavy atom. The van der Waals surface area contributed by atoms with Crippen LogP contribution < -0.4 is 5.32 Å². The largest absolute Gasteiger partial charge is 0.380 e. The Morgan fingerprint density at radius 1 is 1.64 bits per heavy atom. The minimum atomic E-state index is 0.417. The summed E-state index contributed by atoms with van der Waals surface area (Å²) in [6.45, 7) is 3.59. The van der Waals surface area contributed by atoms with Crippen molar-refractivity contribution >= 4 is 27.3 Å². The number of likely N-dealkylation sites (N-methyl/N-ethyl adjacent to an activating group) is 1. The molecule has 0 amide bonds. The Bertz CT molecular complexity index is 264. The average Bonchev–Trinajstić information content (AvgIpc) is 2.58. The molecule has 0 aliphatic carbocycles. The SMILES string of the molecule is CCOCC(Cc1cc(Br)cs1)NC. The Hall–Kier alpha value is 0.1000. The van der Waals surface area contributed by atoms with Crippen LogP contribution in [0.3, 0.4) is 0 Å². The fourth-order valence-electron chi connectivity index (χ4n) is 1.21. The van der Waals surface area contributed by atoms with Crippen LogP contribution in [0.1, 0.15) is 11.8 Å². The molecule has 1 N–H and O–H groups in total. The van der Waals surface area contributed by atoms with Crippen molar-refractivity contribution < 1.29 is 4.74 Å². The smallest absolute Gasteiger partial charge is 0.0622 e. The van der Waals surface area contributed by atoms with Gasteiger partial charge in [-0.05, 0) is 42.4 Å². The van der Waals surface area contributed by atoms with E-state index in [0.29, 0.717) is 6.04 Å². The van der Waals surface area contributed by atoms with Crippen LogP contribution in [0, 0.1) is 0 Å². The van der Waals surface area contributed by atoms with Gasteiger partial charge in [-0.15, -0.1) is 11.3 Å². The number of hydrogen-bond acceptors (Lipinski definition) is 3. The lowest BCUT2D eigenvalue weighted by Crippen LogP contribution is -2.32. The van der Waals surface area contributed by atoms with Crippen LogP contribution in [-0.4, -0.2) is 26.3 Å². The second-order valence-electron chi connectivity index (χ2n) is 3.08. The maximum atomic E-state index is 5.40. The zero-order valence-corrected chi connectivity index (χ0v) is 11.0. The quantitative estimate of drug-likeness (QED) is 0.863. The van der Waals surface area contributed by atoms with E-state index < -0.39 is 0 Å². The van der Waals surface area contributed by atoms with Crippen molar-refractivity contribution in [3.63, 3.8) is 0 Å². The topological polar surface area (TPSA) is 21.3 Å². The van der Waals surface area contributed by atoms with Gasteiger partial charge in [0.1, 0.15) is 0 Å². The van der Waals surface area contributed by atoms with E-state index >= 15 is 0 Å². The van der Waals surface area contributed by atoms with E-state index in [2.05, 4.69) is 32.7 Å². The molecule has 1 rings (SSSR count). The number of nitrogens with one attached hydrogen (secondary N) is 1. The second-order valence-corrected chi connectivity index (χ2v) is 4.99.